The van der Waals surface area contributed by atoms with Gasteiger partial charge < -0.3 is 14.6 Å². The number of carbonyl (C=O) groups excluding carboxylic acids is 1. The molecule has 1 atom stereocenters. The smallest absolute Gasteiger partial charge is 0.338 e. The minimum Gasteiger partial charge on any atom is -0.512 e. The zero-order chi connectivity index (χ0) is 16.4. The number of methoxy groups -OCH3 is 2. The van der Waals surface area contributed by atoms with E-state index in [0.29, 0.717) is 24.6 Å². The molecular formula is C18H23NO4. The molecule has 0 fully saturated rings. The summed E-state index contributed by atoms with van der Waals surface area (Å²) in [7, 11) is 3.04. The monoisotopic (exact) mass is 317 g/mol. The Hall–Kier alpha value is -2.01. The van der Waals surface area contributed by atoms with Gasteiger partial charge in [-0.1, -0.05) is 6.07 Å². The lowest BCUT2D eigenvalue weighted by atomic mass is 9.86. The van der Waals surface area contributed by atoms with Crippen molar-refractivity contribution in [1.82, 2.24) is 4.90 Å². The van der Waals surface area contributed by atoms with E-state index >= 15 is 0 Å². The fourth-order valence-corrected chi connectivity index (χ4v) is 3.54. The van der Waals surface area contributed by atoms with Crippen molar-refractivity contribution in [3.05, 3.63) is 40.7 Å². The zero-order valence-corrected chi connectivity index (χ0v) is 13.7. The van der Waals surface area contributed by atoms with E-state index in [0.717, 1.165) is 31.6 Å². The standard InChI is InChI=1S/C18H23NO4/c1-22-15-6-4-12-3-5-14(9-13(12)10-15)19-8-7-17(20)16(11-19)18(21)23-2/h4,6,10,14,20H,3,5,7-9,11H2,1-2H3. The predicted molar refractivity (Wildman–Crippen MR) is 86.7 cm³/mol. The lowest BCUT2D eigenvalue weighted by Gasteiger charge is -2.37. The largest absolute Gasteiger partial charge is 0.512 e. The maximum Gasteiger partial charge on any atom is 0.338 e. The van der Waals surface area contributed by atoms with Gasteiger partial charge in [-0.05, 0) is 42.5 Å². The maximum absolute atomic E-state index is 11.8. The molecule has 3 rings (SSSR count). The summed E-state index contributed by atoms with van der Waals surface area (Å²) >= 11 is 0. The van der Waals surface area contributed by atoms with Crippen molar-refractivity contribution in [1.29, 1.82) is 0 Å². The summed E-state index contributed by atoms with van der Waals surface area (Å²) in [5.41, 5.74) is 3.10. The van der Waals surface area contributed by atoms with Crippen molar-refractivity contribution < 1.29 is 19.4 Å². The number of aryl methyl sites for hydroxylation is 1. The van der Waals surface area contributed by atoms with Crippen LogP contribution in [-0.4, -0.2) is 49.3 Å². The Morgan fingerprint density at radius 3 is 2.83 bits per heavy atom. The molecule has 0 aromatic heterocycles. The first-order valence-corrected chi connectivity index (χ1v) is 8.01. The van der Waals surface area contributed by atoms with Gasteiger partial charge in [0.25, 0.3) is 0 Å². The molecule has 1 unspecified atom stereocenters. The van der Waals surface area contributed by atoms with E-state index in [4.69, 9.17) is 9.47 Å². The number of rotatable bonds is 3. The molecule has 1 heterocycles. The van der Waals surface area contributed by atoms with Gasteiger partial charge in [0.15, 0.2) is 0 Å². The molecule has 2 aliphatic rings. The van der Waals surface area contributed by atoms with E-state index in [2.05, 4.69) is 17.0 Å². The van der Waals surface area contributed by atoms with Crippen molar-refractivity contribution in [3.8, 4) is 5.75 Å². The van der Waals surface area contributed by atoms with Crippen molar-refractivity contribution in [3.63, 3.8) is 0 Å². The van der Waals surface area contributed by atoms with Gasteiger partial charge in [-0.3, -0.25) is 4.90 Å². The van der Waals surface area contributed by atoms with Crippen LogP contribution in [0.1, 0.15) is 24.0 Å². The molecule has 124 valence electrons. The fraction of sp³-hybridized carbons (Fsp3) is 0.500. The molecule has 5 heteroatoms. The Bertz CT molecular complexity index is 638. The Balaban J connectivity index is 1.75. The van der Waals surface area contributed by atoms with Crippen molar-refractivity contribution in [2.45, 2.75) is 31.7 Å². The van der Waals surface area contributed by atoms with Crippen LogP contribution in [0.4, 0.5) is 0 Å². The second-order valence-corrected chi connectivity index (χ2v) is 6.17. The highest BCUT2D eigenvalue weighted by Crippen LogP contribution is 2.30. The molecule has 0 spiro atoms. The summed E-state index contributed by atoms with van der Waals surface area (Å²) in [5.74, 6) is 0.631. The minimum absolute atomic E-state index is 0.172. The lowest BCUT2D eigenvalue weighted by Crippen LogP contribution is -2.44. The quantitative estimate of drug-likeness (QED) is 0.867. The van der Waals surface area contributed by atoms with Gasteiger partial charge in [0.2, 0.25) is 0 Å². The van der Waals surface area contributed by atoms with Crippen LogP contribution < -0.4 is 4.74 Å². The first kappa shape index (κ1) is 15.9. The number of esters is 1. The number of hydrogen-bond donors (Lipinski definition) is 1. The third-order valence-corrected chi connectivity index (χ3v) is 4.91. The van der Waals surface area contributed by atoms with E-state index in [1.807, 2.05) is 6.07 Å². The third kappa shape index (κ3) is 3.20. The van der Waals surface area contributed by atoms with Crippen molar-refractivity contribution in [2.75, 3.05) is 27.3 Å². The molecule has 1 aliphatic heterocycles. The molecule has 0 radical (unpaired) electrons. The van der Waals surface area contributed by atoms with Gasteiger partial charge >= 0.3 is 5.97 Å². The van der Waals surface area contributed by atoms with Gasteiger partial charge in [-0.25, -0.2) is 4.79 Å². The van der Waals surface area contributed by atoms with Crippen LogP contribution in [0.5, 0.6) is 5.75 Å². The molecule has 1 aliphatic carbocycles. The SMILES string of the molecule is COC(=O)C1=C(O)CCN(C2CCc3ccc(OC)cc3C2)C1. The van der Waals surface area contributed by atoms with E-state index in [9.17, 15) is 9.90 Å². The van der Waals surface area contributed by atoms with E-state index in [-0.39, 0.29) is 5.76 Å². The maximum atomic E-state index is 11.8. The molecule has 5 nitrogen and oxygen atoms in total. The van der Waals surface area contributed by atoms with E-state index < -0.39 is 5.97 Å². The van der Waals surface area contributed by atoms with Gasteiger partial charge in [0.1, 0.15) is 11.5 Å². The third-order valence-electron chi connectivity index (χ3n) is 4.91. The molecule has 0 saturated carbocycles. The summed E-state index contributed by atoms with van der Waals surface area (Å²) in [6.07, 6.45) is 3.55. The van der Waals surface area contributed by atoms with Crippen LogP contribution in [-0.2, 0) is 22.4 Å². The molecular weight excluding hydrogens is 294 g/mol. The topological polar surface area (TPSA) is 59.0 Å². The van der Waals surface area contributed by atoms with E-state index in [1.54, 1.807) is 7.11 Å². The summed E-state index contributed by atoms with van der Waals surface area (Å²) in [5, 5.41) is 9.95. The van der Waals surface area contributed by atoms with Gasteiger partial charge in [0, 0.05) is 25.6 Å². The van der Waals surface area contributed by atoms with Gasteiger partial charge in [-0.15, -0.1) is 0 Å². The number of nitrogens with zero attached hydrogens (tertiary/aromatic N) is 1. The van der Waals surface area contributed by atoms with Gasteiger partial charge in [0.05, 0.1) is 19.8 Å². The lowest BCUT2D eigenvalue weighted by molar-refractivity contribution is -0.136. The second-order valence-electron chi connectivity index (χ2n) is 6.17. The molecule has 0 bridgehead atoms. The summed E-state index contributed by atoms with van der Waals surface area (Å²) in [4.78, 5) is 14.1. The number of benzene rings is 1. The summed E-state index contributed by atoms with van der Waals surface area (Å²) in [6.45, 7) is 1.23. The normalized spacial score (nSPS) is 21.7. The predicted octanol–water partition coefficient (Wildman–Crippen LogP) is 2.24. The number of ether oxygens (including phenoxy) is 2. The van der Waals surface area contributed by atoms with Crippen LogP contribution in [0.3, 0.4) is 0 Å². The molecule has 1 N–H and O–H groups in total. The van der Waals surface area contributed by atoms with Crippen LogP contribution in [0, 0.1) is 0 Å². The highest BCUT2D eigenvalue weighted by Gasteiger charge is 2.31. The minimum atomic E-state index is -0.426. The Morgan fingerprint density at radius 1 is 1.26 bits per heavy atom. The summed E-state index contributed by atoms with van der Waals surface area (Å²) < 4.78 is 10.1. The highest BCUT2D eigenvalue weighted by atomic mass is 16.5. The molecule has 0 saturated heterocycles. The van der Waals surface area contributed by atoms with E-state index in [1.165, 1.54) is 18.2 Å². The van der Waals surface area contributed by atoms with Crippen LogP contribution in [0.25, 0.3) is 0 Å². The summed E-state index contributed by atoms with van der Waals surface area (Å²) in [6, 6.07) is 6.64. The molecule has 1 aromatic carbocycles. The Kier molecular flexibility index (Phi) is 4.57. The number of aliphatic hydroxyl groups excluding tert-OH is 1. The number of aliphatic hydroxyl groups is 1. The Morgan fingerprint density at radius 2 is 2.09 bits per heavy atom. The van der Waals surface area contributed by atoms with Crippen LogP contribution in [0.15, 0.2) is 29.5 Å². The average Bonchev–Trinajstić information content (AvgIpc) is 2.60. The first-order chi connectivity index (χ1) is 11.1. The van der Waals surface area contributed by atoms with Crippen molar-refractivity contribution >= 4 is 5.97 Å². The highest BCUT2D eigenvalue weighted by molar-refractivity contribution is 5.89. The van der Waals surface area contributed by atoms with Gasteiger partial charge in [-0.2, -0.15) is 0 Å². The van der Waals surface area contributed by atoms with Crippen LogP contribution in [0.2, 0.25) is 0 Å². The number of fused-ring (bicyclic) bond motifs is 1. The molecule has 1 aromatic rings. The Labute approximate surface area is 136 Å². The molecule has 0 amide bonds. The number of carbonyl (C=O) groups is 1. The van der Waals surface area contributed by atoms with Crippen LogP contribution >= 0.6 is 0 Å². The second kappa shape index (κ2) is 6.62. The average molecular weight is 317 g/mol. The molecule has 23 heavy (non-hydrogen) atoms. The van der Waals surface area contributed by atoms with Crippen molar-refractivity contribution in [2.24, 2.45) is 0 Å². The zero-order valence-electron chi connectivity index (χ0n) is 13.7. The first-order valence-electron chi connectivity index (χ1n) is 8.01. The fourth-order valence-electron chi connectivity index (χ4n) is 3.54. The number of hydrogen-bond acceptors (Lipinski definition) is 5.